The molecule has 2 aromatic carbocycles. The molecule has 1 fully saturated rings. The second-order valence-electron chi connectivity index (χ2n) is 7.08. The monoisotopic (exact) mass is 385 g/mol. The summed E-state index contributed by atoms with van der Waals surface area (Å²) in [5.41, 5.74) is 1.14. The van der Waals surface area contributed by atoms with Gasteiger partial charge >= 0.3 is 0 Å². The van der Waals surface area contributed by atoms with Crippen LogP contribution in [0.5, 0.6) is 5.75 Å². The first kappa shape index (κ1) is 19.4. The number of likely N-dealkylation sites (tertiary alicyclic amines) is 1. The lowest BCUT2D eigenvalue weighted by molar-refractivity contribution is -0.139. The van der Waals surface area contributed by atoms with E-state index in [-0.39, 0.29) is 30.4 Å². The molecule has 0 unspecified atom stereocenters. The minimum atomic E-state index is -0.0785. The van der Waals surface area contributed by atoms with Gasteiger partial charge in [-0.05, 0) is 81.6 Å². The second-order valence-corrected chi connectivity index (χ2v) is 7.52. The number of ketones is 1. The Morgan fingerprint density at radius 1 is 0.963 bits per heavy atom. The van der Waals surface area contributed by atoms with E-state index in [4.69, 9.17) is 16.3 Å². The maximum Gasteiger partial charge on any atom is 0.260 e. The van der Waals surface area contributed by atoms with Crippen LogP contribution in [0.1, 0.15) is 49.0 Å². The minimum absolute atomic E-state index is 0.0102. The van der Waals surface area contributed by atoms with Gasteiger partial charge in [0.05, 0.1) is 0 Å². The first-order valence-corrected chi connectivity index (χ1v) is 9.68. The van der Waals surface area contributed by atoms with Gasteiger partial charge in [-0.2, -0.15) is 0 Å². The molecule has 0 aromatic heterocycles. The Hall–Kier alpha value is -2.33. The SMILES string of the molecule is C[C@@H]1CCC[C@@H](C)N1C(=O)COc1ccc(C(=O)c2ccc(Cl)cc2)cc1. The van der Waals surface area contributed by atoms with E-state index in [2.05, 4.69) is 13.8 Å². The van der Waals surface area contributed by atoms with Crippen molar-refractivity contribution >= 4 is 23.3 Å². The number of hydrogen-bond donors (Lipinski definition) is 0. The van der Waals surface area contributed by atoms with E-state index in [1.54, 1.807) is 48.5 Å². The average Bonchev–Trinajstić information content (AvgIpc) is 2.67. The third-order valence-corrected chi connectivity index (χ3v) is 5.32. The molecule has 0 bridgehead atoms. The number of halogens is 1. The van der Waals surface area contributed by atoms with E-state index >= 15 is 0 Å². The van der Waals surface area contributed by atoms with Crippen LogP contribution < -0.4 is 4.74 Å². The van der Waals surface area contributed by atoms with Gasteiger partial charge in [-0.1, -0.05) is 11.6 Å². The third kappa shape index (κ3) is 4.69. The van der Waals surface area contributed by atoms with Crippen LogP contribution in [-0.4, -0.2) is 35.3 Å². The van der Waals surface area contributed by atoms with Gasteiger partial charge in [0.1, 0.15) is 5.75 Å². The minimum Gasteiger partial charge on any atom is -0.484 e. The molecule has 27 heavy (non-hydrogen) atoms. The molecule has 1 amide bonds. The summed E-state index contributed by atoms with van der Waals surface area (Å²) in [6, 6.07) is 14.2. The Bertz CT molecular complexity index is 791. The van der Waals surface area contributed by atoms with Crippen LogP contribution in [0.25, 0.3) is 0 Å². The first-order chi connectivity index (χ1) is 13.0. The molecule has 0 saturated carbocycles. The predicted octanol–water partition coefficient (Wildman–Crippen LogP) is 4.74. The zero-order valence-electron chi connectivity index (χ0n) is 15.7. The van der Waals surface area contributed by atoms with Crippen molar-refractivity contribution in [1.82, 2.24) is 4.90 Å². The number of ether oxygens (including phenoxy) is 1. The number of carbonyl (C=O) groups excluding carboxylic acids is 2. The highest BCUT2D eigenvalue weighted by molar-refractivity contribution is 6.30. The molecule has 4 nitrogen and oxygen atoms in total. The van der Waals surface area contributed by atoms with Crippen LogP contribution in [0.4, 0.5) is 0 Å². The number of rotatable bonds is 5. The zero-order valence-corrected chi connectivity index (χ0v) is 16.4. The molecule has 1 aliphatic heterocycles. The van der Waals surface area contributed by atoms with Gasteiger partial charge in [-0.15, -0.1) is 0 Å². The Morgan fingerprint density at radius 3 is 2.04 bits per heavy atom. The average molecular weight is 386 g/mol. The van der Waals surface area contributed by atoms with Gasteiger partial charge in [0.15, 0.2) is 12.4 Å². The summed E-state index contributed by atoms with van der Waals surface area (Å²) in [5.74, 6) is 0.509. The summed E-state index contributed by atoms with van der Waals surface area (Å²) in [6.45, 7) is 4.19. The number of nitrogens with zero attached hydrogens (tertiary/aromatic N) is 1. The summed E-state index contributed by atoms with van der Waals surface area (Å²) in [4.78, 5) is 26.9. The summed E-state index contributed by atoms with van der Waals surface area (Å²) in [7, 11) is 0. The van der Waals surface area contributed by atoms with E-state index in [0.29, 0.717) is 21.9 Å². The molecule has 0 spiro atoms. The maximum absolute atomic E-state index is 12.5. The molecule has 1 heterocycles. The van der Waals surface area contributed by atoms with Crippen molar-refractivity contribution in [3.63, 3.8) is 0 Å². The quantitative estimate of drug-likeness (QED) is 0.698. The van der Waals surface area contributed by atoms with Crippen LogP contribution in [0.2, 0.25) is 5.02 Å². The summed E-state index contributed by atoms with van der Waals surface area (Å²) in [5, 5.41) is 0.595. The lowest BCUT2D eigenvalue weighted by Crippen LogP contribution is -2.49. The Morgan fingerprint density at radius 2 is 1.48 bits per heavy atom. The molecule has 1 aliphatic rings. The highest BCUT2D eigenvalue weighted by atomic mass is 35.5. The molecule has 0 radical (unpaired) electrons. The molecule has 142 valence electrons. The largest absolute Gasteiger partial charge is 0.484 e. The molecule has 0 N–H and O–H groups in total. The number of benzene rings is 2. The highest BCUT2D eigenvalue weighted by Gasteiger charge is 2.28. The predicted molar refractivity (Wildman–Crippen MR) is 106 cm³/mol. The topological polar surface area (TPSA) is 46.6 Å². The molecular weight excluding hydrogens is 362 g/mol. The van der Waals surface area contributed by atoms with Crippen molar-refractivity contribution in [3.05, 3.63) is 64.7 Å². The number of hydrogen-bond acceptors (Lipinski definition) is 3. The van der Waals surface area contributed by atoms with Crippen LogP contribution in [0, 0.1) is 0 Å². The Kier molecular flexibility index (Phi) is 6.17. The smallest absolute Gasteiger partial charge is 0.260 e. The van der Waals surface area contributed by atoms with Gasteiger partial charge in [0.2, 0.25) is 0 Å². The lowest BCUT2D eigenvalue weighted by atomic mass is 9.97. The molecule has 0 aliphatic carbocycles. The van der Waals surface area contributed by atoms with Crippen LogP contribution in [0.3, 0.4) is 0 Å². The van der Waals surface area contributed by atoms with Gasteiger partial charge in [0.25, 0.3) is 5.91 Å². The summed E-state index contributed by atoms with van der Waals surface area (Å²) < 4.78 is 5.65. The molecule has 2 atom stereocenters. The third-order valence-electron chi connectivity index (χ3n) is 5.07. The van der Waals surface area contributed by atoms with Gasteiger partial charge in [0, 0.05) is 28.2 Å². The fourth-order valence-corrected chi connectivity index (χ4v) is 3.73. The second kappa shape index (κ2) is 8.57. The highest BCUT2D eigenvalue weighted by Crippen LogP contribution is 2.23. The number of amides is 1. The van der Waals surface area contributed by atoms with Crippen LogP contribution >= 0.6 is 11.6 Å². The van der Waals surface area contributed by atoms with Crippen LogP contribution in [-0.2, 0) is 4.79 Å². The summed E-state index contributed by atoms with van der Waals surface area (Å²) in [6.07, 6.45) is 3.24. The first-order valence-electron chi connectivity index (χ1n) is 9.30. The van der Waals surface area contributed by atoms with Gasteiger partial charge in [-0.25, -0.2) is 0 Å². The van der Waals surface area contributed by atoms with Crippen molar-refractivity contribution in [2.45, 2.75) is 45.2 Å². The van der Waals surface area contributed by atoms with Crippen molar-refractivity contribution in [2.75, 3.05) is 6.61 Å². The standard InChI is InChI=1S/C22H24ClNO3/c1-15-4-3-5-16(2)24(15)21(25)14-27-20-12-8-18(9-13-20)22(26)17-6-10-19(23)11-7-17/h6-13,15-16H,3-5,14H2,1-2H3/t15-,16-/m1/s1. The molecule has 2 aromatic rings. The number of piperidine rings is 1. The molecule has 1 saturated heterocycles. The van der Waals surface area contributed by atoms with Crippen molar-refractivity contribution in [3.8, 4) is 5.75 Å². The van der Waals surface area contributed by atoms with E-state index < -0.39 is 0 Å². The van der Waals surface area contributed by atoms with Gasteiger partial charge < -0.3 is 9.64 Å². The van der Waals surface area contributed by atoms with Crippen molar-refractivity contribution < 1.29 is 14.3 Å². The maximum atomic E-state index is 12.5. The van der Waals surface area contributed by atoms with E-state index in [9.17, 15) is 9.59 Å². The van der Waals surface area contributed by atoms with Crippen LogP contribution in [0.15, 0.2) is 48.5 Å². The fourth-order valence-electron chi connectivity index (χ4n) is 3.60. The normalized spacial score (nSPS) is 19.6. The van der Waals surface area contributed by atoms with E-state index in [1.165, 1.54) is 0 Å². The van der Waals surface area contributed by atoms with E-state index in [1.807, 2.05) is 4.90 Å². The number of carbonyl (C=O) groups is 2. The fraction of sp³-hybridized carbons (Fsp3) is 0.364. The summed E-state index contributed by atoms with van der Waals surface area (Å²) >= 11 is 5.86. The Balaban J connectivity index is 1.60. The van der Waals surface area contributed by atoms with Crippen molar-refractivity contribution in [2.24, 2.45) is 0 Å². The Labute approximate surface area is 165 Å². The van der Waals surface area contributed by atoms with E-state index in [0.717, 1.165) is 19.3 Å². The van der Waals surface area contributed by atoms with Crippen molar-refractivity contribution in [1.29, 1.82) is 0 Å². The lowest BCUT2D eigenvalue weighted by Gasteiger charge is -2.38. The van der Waals surface area contributed by atoms with Gasteiger partial charge in [-0.3, -0.25) is 9.59 Å². The zero-order chi connectivity index (χ0) is 19.4. The molecule has 5 heteroatoms. The molecule has 3 rings (SSSR count). The molecular formula is C22H24ClNO3.